The molecule has 0 radical (unpaired) electrons. The van der Waals surface area contributed by atoms with Gasteiger partial charge in [-0.15, -0.1) is 12.4 Å². The van der Waals surface area contributed by atoms with Crippen LogP contribution in [-0.2, 0) is 10.9 Å². The first-order chi connectivity index (χ1) is 13.3. The maximum Gasteiger partial charge on any atom is 0.419 e. The Kier molecular flexibility index (Phi) is 7.89. The molecule has 3 heterocycles. The lowest BCUT2D eigenvalue weighted by Crippen LogP contribution is -2.60. The standard InChI is InChI=1S/C17H25F3N6O2.ClH/c1-12(21)11-28-6-2-3-24-4-5-26(16(24)27)14-9-25(10-14)15-22-7-13(8-23-15)17(18,19)20;/h7-8,12,14H,2-6,9-11,21H2,1H3;1H. The van der Waals surface area contributed by atoms with Gasteiger partial charge in [-0.2, -0.15) is 13.2 Å². The lowest BCUT2D eigenvalue weighted by atomic mass is 10.1. The van der Waals surface area contributed by atoms with Crippen molar-refractivity contribution < 1.29 is 22.7 Å². The molecule has 1 atom stereocenters. The fourth-order valence-corrected chi connectivity index (χ4v) is 3.22. The number of carbonyl (C=O) groups is 1. The summed E-state index contributed by atoms with van der Waals surface area (Å²) in [6, 6.07) is 0.0158. The first kappa shape index (κ1) is 23.4. The summed E-state index contributed by atoms with van der Waals surface area (Å²) in [5.74, 6) is 0.249. The van der Waals surface area contributed by atoms with Crippen LogP contribution in [0.2, 0.25) is 0 Å². The number of ether oxygens (including phenoxy) is 1. The van der Waals surface area contributed by atoms with Gasteiger partial charge in [0.05, 0.1) is 18.2 Å². The van der Waals surface area contributed by atoms with Crippen LogP contribution in [0.1, 0.15) is 18.9 Å². The summed E-state index contributed by atoms with van der Waals surface area (Å²) in [6.07, 6.45) is -2.13. The first-order valence-corrected chi connectivity index (χ1v) is 9.28. The number of nitrogens with zero attached hydrogens (tertiary/aromatic N) is 5. The first-order valence-electron chi connectivity index (χ1n) is 9.28. The highest BCUT2D eigenvalue weighted by Gasteiger charge is 2.40. The summed E-state index contributed by atoms with van der Waals surface area (Å²) >= 11 is 0. The zero-order valence-electron chi connectivity index (χ0n) is 16.1. The van der Waals surface area contributed by atoms with E-state index in [1.54, 1.807) is 9.80 Å². The molecule has 0 aliphatic carbocycles. The Hall–Kier alpha value is -1.85. The molecule has 12 heteroatoms. The van der Waals surface area contributed by atoms with Gasteiger partial charge in [0.15, 0.2) is 0 Å². The molecule has 0 saturated carbocycles. The maximum absolute atomic E-state index is 12.6. The van der Waals surface area contributed by atoms with Gasteiger partial charge in [0, 0.05) is 57.8 Å². The monoisotopic (exact) mass is 438 g/mol. The lowest BCUT2D eigenvalue weighted by molar-refractivity contribution is -0.138. The van der Waals surface area contributed by atoms with Crippen molar-refractivity contribution in [2.24, 2.45) is 5.73 Å². The summed E-state index contributed by atoms with van der Waals surface area (Å²) in [7, 11) is 0. The third kappa shape index (κ3) is 5.83. The molecule has 8 nitrogen and oxygen atoms in total. The highest BCUT2D eigenvalue weighted by Crippen LogP contribution is 2.29. The second kappa shape index (κ2) is 9.77. The molecule has 0 bridgehead atoms. The molecule has 2 amide bonds. The fraction of sp³-hybridized carbons (Fsp3) is 0.706. The van der Waals surface area contributed by atoms with Gasteiger partial charge in [-0.25, -0.2) is 14.8 Å². The second-order valence-electron chi connectivity index (χ2n) is 7.20. The van der Waals surface area contributed by atoms with E-state index in [1.165, 1.54) is 0 Å². The number of nitrogens with two attached hydrogens (primary N) is 1. The topological polar surface area (TPSA) is 87.8 Å². The Morgan fingerprint density at radius 2 is 1.93 bits per heavy atom. The Bertz CT molecular complexity index is 670. The largest absolute Gasteiger partial charge is 0.419 e. The number of rotatable bonds is 8. The summed E-state index contributed by atoms with van der Waals surface area (Å²) in [6.45, 7) is 5.92. The molecule has 2 saturated heterocycles. The van der Waals surface area contributed by atoms with Crippen molar-refractivity contribution >= 4 is 24.4 Å². The number of hydrogen-bond acceptors (Lipinski definition) is 6. The predicted molar refractivity (Wildman–Crippen MR) is 103 cm³/mol. The molecule has 0 spiro atoms. The number of hydrogen-bond donors (Lipinski definition) is 1. The Morgan fingerprint density at radius 1 is 1.28 bits per heavy atom. The van der Waals surface area contributed by atoms with Crippen molar-refractivity contribution in [2.45, 2.75) is 31.6 Å². The summed E-state index contributed by atoms with van der Waals surface area (Å²) in [5.41, 5.74) is 4.74. The van der Waals surface area contributed by atoms with Crippen LogP contribution in [0.25, 0.3) is 0 Å². The van der Waals surface area contributed by atoms with Crippen molar-refractivity contribution in [3.8, 4) is 0 Å². The highest BCUT2D eigenvalue weighted by atomic mass is 35.5. The maximum atomic E-state index is 12.6. The molecule has 3 rings (SSSR count). The van der Waals surface area contributed by atoms with Crippen LogP contribution < -0.4 is 10.6 Å². The molecule has 1 aromatic heterocycles. The van der Waals surface area contributed by atoms with Crippen molar-refractivity contribution in [1.29, 1.82) is 0 Å². The van der Waals surface area contributed by atoms with Gasteiger partial charge in [-0.3, -0.25) is 0 Å². The normalized spacial score (nSPS) is 18.7. The van der Waals surface area contributed by atoms with E-state index in [0.29, 0.717) is 45.9 Å². The van der Waals surface area contributed by atoms with Gasteiger partial charge in [-0.05, 0) is 13.3 Å². The fourth-order valence-electron chi connectivity index (χ4n) is 3.22. The number of carbonyl (C=O) groups excluding carboxylic acids is 1. The zero-order chi connectivity index (χ0) is 20.3. The van der Waals surface area contributed by atoms with Crippen LogP contribution in [-0.4, -0.2) is 83.8 Å². The number of urea groups is 1. The van der Waals surface area contributed by atoms with Crippen LogP contribution in [0, 0.1) is 0 Å². The van der Waals surface area contributed by atoms with E-state index in [1.807, 2.05) is 11.8 Å². The van der Waals surface area contributed by atoms with E-state index in [2.05, 4.69) is 9.97 Å². The van der Waals surface area contributed by atoms with E-state index in [-0.39, 0.29) is 36.5 Å². The highest BCUT2D eigenvalue weighted by molar-refractivity contribution is 5.85. The van der Waals surface area contributed by atoms with Crippen molar-refractivity contribution in [2.75, 3.05) is 50.8 Å². The third-order valence-electron chi connectivity index (χ3n) is 4.78. The minimum atomic E-state index is -4.45. The molecule has 2 aliphatic heterocycles. The molecule has 164 valence electrons. The Morgan fingerprint density at radius 3 is 2.52 bits per heavy atom. The number of anilines is 1. The van der Waals surface area contributed by atoms with Gasteiger partial charge in [-0.1, -0.05) is 0 Å². The smallest absolute Gasteiger partial charge is 0.380 e. The summed E-state index contributed by atoms with van der Waals surface area (Å²) in [5, 5.41) is 0. The minimum Gasteiger partial charge on any atom is -0.380 e. The number of aromatic nitrogens is 2. The molecule has 29 heavy (non-hydrogen) atoms. The van der Waals surface area contributed by atoms with Crippen LogP contribution in [0.4, 0.5) is 23.9 Å². The molecule has 2 N–H and O–H groups in total. The SMILES string of the molecule is CC(N)COCCCN1CCN(C2CN(c3ncc(C(F)(F)F)cn3)C2)C1=O.Cl. The van der Waals surface area contributed by atoms with Gasteiger partial charge in [0.1, 0.15) is 0 Å². The van der Waals surface area contributed by atoms with E-state index in [4.69, 9.17) is 10.5 Å². The van der Waals surface area contributed by atoms with Crippen molar-refractivity contribution in [3.05, 3.63) is 18.0 Å². The summed E-state index contributed by atoms with van der Waals surface area (Å²) in [4.78, 5) is 25.5. The Labute approximate surface area is 173 Å². The third-order valence-corrected chi connectivity index (χ3v) is 4.78. The van der Waals surface area contributed by atoms with Gasteiger partial charge in [0.25, 0.3) is 0 Å². The number of alkyl halides is 3. The molecular weight excluding hydrogens is 413 g/mol. The van der Waals surface area contributed by atoms with E-state index < -0.39 is 11.7 Å². The van der Waals surface area contributed by atoms with Gasteiger partial charge in [0.2, 0.25) is 5.95 Å². The molecule has 2 aliphatic rings. The summed E-state index contributed by atoms with van der Waals surface area (Å²) < 4.78 is 43.1. The quantitative estimate of drug-likeness (QED) is 0.620. The van der Waals surface area contributed by atoms with E-state index in [9.17, 15) is 18.0 Å². The van der Waals surface area contributed by atoms with E-state index >= 15 is 0 Å². The zero-order valence-corrected chi connectivity index (χ0v) is 17.0. The average molecular weight is 439 g/mol. The molecule has 1 aromatic rings. The predicted octanol–water partition coefficient (Wildman–Crippen LogP) is 1.60. The van der Waals surface area contributed by atoms with Crippen LogP contribution in [0.15, 0.2) is 12.4 Å². The molecule has 1 unspecified atom stereocenters. The van der Waals surface area contributed by atoms with E-state index in [0.717, 1.165) is 18.8 Å². The van der Waals surface area contributed by atoms with Gasteiger partial charge < -0.3 is 25.2 Å². The number of halogens is 4. The molecular formula is C17H26ClF3N6O2. The second-order valence-corrected chi connectivity index (χ2v) is 7.20. The molecule has 2 fully saturated rings. The average Bonchev–Trinajstić information content (AvgIpc) is 2.94. The van der Waals surface area contributed by atoms with Crippen LogP contribution in [0.5, 0.6) is 0 Å². The minimum absolute atomic E-state index is 0. The van der Waals surface area contributed by atoms with Crippen molar-refractivity contribution in [1.82, 2.24) is 19.8 Å². The van der Waals surface area contributed by atoms with Crippen LogP contribution in [0.3, 0.4) is 0 Å². The lowest BCUT2D eigenvalue weighted by Gasteiger charge is -2.43. The number of amides is 2. The van der Waals surface area contributed by atoms with Crippen molar-refractivity contribution in [3.63, 3.8) is 0 Å². The van der Waals surface area contributed by atoms with Gasteiger partial charge >= 0.3 is 12.2 Å². The molecule has 0 aromatic carbocycles. The Balaban J connectivity index is 0.00000300. The van der Waals surface area contributed by atoms with Crippen LogP contribution >= 0.6 is 12.4 Å².